The molecule has 1 N–H and O–H groups in total. The summed E-state index contributed by atoms with van der Waals surface area (Å²) in [5.74, 6) is 2.45. The van der Waals surface area contributed by atoms with E-state index in [0.29, 0.717) is 15.9 Å². The van der Waals surface area contributed by atoms with Gasteiger partial charge in [0.15, 0.2) is 0 Å². The van der Waals surface area contributed by atoms with Crippen molar-refractivity contribution in [1.29, 1.82) is 0 Å². The van der Waals surface area contributed by atoms with Crippen LogP contribution >= 0.6 is 23.2 Å². The first-order chi connectivity index (χ1) is 10.6. The summed E-state index contributed by atoms with van der Waals surface area (Å²) in [4.78, 5) is 10.9. The molecule has 0 saturated carbocycles. The maximum Gasteiger partial charge on any atom is 0.135 e. The molecule has 0 bridgehead atoms. The van der Waals surface area contributed by atoms with Crippen molar-refractivity contribution < 1.29 is 0 Å². The second kappa shape index (κ2) is 6.71. The van der Waals surface area contributed by atoms with Crippen molar-refractivity contribution in [1.82, 2.24) is 9.97 Å². The molecule has 116 valence electrons. The lowest BCUT2D eigenvalue weighted by molar-refractivity contribution is 0.436. The molecule has 3 rings (SSSR count). The smallest absolute Gasteiger partial charge is 0.135 e. The molecule has 0 unspecified atom stereocenters. The van der Waals surface area contributed by atoms with E-state index in [-0.39, 0.29) is 0 Å². The van der Waals surface area contributed by atoms with E-state index in [2.05, 4.69) is 27.1 Å². The van der Waals surface area contributed by atoms with Gasteiger partial charge >= 0.3 is 0 Å². The third-order valence-electron chi connectivity index (χ3n) is 3.95. The molecule has 1 aromatic carbocycles. The van der Waals surface area contributed by atoms with Gasteiger partial charge in [-0.15, -0.1) is 0 Å². The Kier molecular flexibility index (Phi) is 4.69. The highest BCUT2D eigenvalue weighted by atomic mass is 35.5. The number of piperidine rings is 1. The Bertz CT molecular complexity index is 654. The molecule has 0 spiro atoms. The SMILES string of the molecule is CC1CCN(c2cc(Nc3cc(Cl)ccc3Cl)ncn2)CC1. The zero-order valence-electron chi connectivity index (χ0n) is 12.4. The first-order valence-corrected chi connectivity index (χ1v) is 8.16. The van der Waals surface area contributed by atoms with E-state index in [9.17, 15) is 0 Å². The molecule has 22 heavy (non-hydrogen) atoms. The average Bonchev–Trinajstić information content (AvgIpc) is 2.52. The quantitative estimate of drug-likeness (QED) is 0.876. The van der Waals surface area contributed by atoms with Crippen LogP contribution in [0.3, 0.4) is 0 Å². The molecule has 1 aromatic heterocycles. The van der Waals surface area contributed by atoms with Gasteiger partial charge in [0, 0.05) is 24.2 Å². The highest BCUT2D eigenvalue weighted by molar-refractivity contribution is 6.35. The first kappa shape index (κ1) is 15.4. The Morgan fingerprint density at radius 3 is 2.68 bits per heavy atom. The third-order valence-corrected chi connectivity index (χ3v) is 4.52. The summed E-state index contributed by atoms with van der Waals surface area (Å²) in [7, 11) is 0. The Hall–Kier alpha value is -1.52. The number of hydrogen-bond donors (Lipinski definition) is 1. The van der Waals surface area contributed by atoms with Crippen LogP contribution in [-0.4, -0.2) is 23.1 Å². The van der Waals surface area contributed by atoms with Crippen molar-refractivity contribution in [3.63, 3.8) is 0 Å². The van der Waals surface area contributed by atoms with E-state index in [4.69, 9.17) is 23.2 Å². The fraction of sp³-hybridized carbons (Fsp3) is 0.375. The number of aromatic nitrogens is 2. The second-order valence-electron chi connectivity index (χ2n) is 5.68. The van der Waals surface area contributed by atoms with Gasteiger partial charge in [-0.1, -0.05) is 30.1 Å². The zero-order valence-corrected chi connectivity index (χ0v) is 13.9. The Morgan fingerprint density at radius 1 is 1.14 bits per heavy atom. The molecule has 6 heteroatoms. The second-order valence-corrected chi connectivity index (χ2v) is 6.52. The number of nitrogens with zero attached hydrogens (tertiary/aromatic N) is 3. The van der Waals surface area contributed by atoms with Crippen LogP contribution in [0.25, 0.3) is 0 Å². The Balaban J connectivity index is 1.78. The molecular weight excluding hydrogens is 319 g/mol. The van der Waals surface area contributed by atoms with Crippen LogP contribution in [0.4, 0.5) is 17.3 Å². The van der Waals surface area contributed by atoms with Crippen LogP contribution in [0.5, 0.6) is 0 Å². The van der Waals surface area contributed by atoms with Gasteiger partial charge in [0.2, 0.25) is 0 Å². The van der Waals surface area contributed by atoms with Gasteiger partial charge < -0.3 is 10.2 Å². The van der Waals surface area contributed by atoms with Crippen molar-refractivity contribution in [3.8, 4) is 0 Å². The summed E-state index contributed by atoms with van der Waals surface area (Å²) in [6.07, 6.45) is 3.98. The van der Waals surface area contributed by atoms with Gasteiger partial charge in [0.1, 0.15) is 18.0 Å². The Morgan fingerprint density at radius 2 is 1.91 bits per heavy atom. The highest BCUT2D eigenvalue weighted by Crippen LogP contribution is 2.29. The molecular formula is C16H18Cl2N4. The minimum atomic E-state index is 0.608. The number of rotatable bonds is 3. The summed E-state index contributed by atoms with van der Waals surface area (Å²) >= 11 is 12.2. The molecule has 0 aliphatic carbocycles. The van der Waals surface area contributed by atoms with Crippen molar-refractivity contribution in [2.45, 2.75) is 19.8 Å². The minimum absolute atomic E-state index is 0.608. The van der Waals surface area contributed by atoms with Gasteiger partial charge in [-0.3, -0.25) is 0 Å². The number of benzene rings is 1. The maximum absolute atomic E-state index is 6.18. The summed E-state index contributed by atoms with van der Waals surface area (Å²) < 4.78 is 0. The van der Waals surface area contributed by atoms with E-state index in [0.717, 1.165) is 30.5 Å². The van der Waals surface area contributed by atoms with Crippen LogP contribution in [0, 0.1) is 5.92 Å². The molecule has 0 atom stereocenters. The largest absolute Gasteiger partial charge is 0.356 e. The third kappa shape index (κ3) is 3.62. The summed E-state index contributed by atoms with van der Waals surface area (Å²) in [6, 6.07) is 7.26. The number of hydrogen-bond acceptors (Lipinski definition) is 4. The van der Waals surface area contributed by atoms with Crippen LogP contribution in [0.2, 0.25) is 10.0 Å². The number of nitrogens with one attached hydrogen (secondary N) is 1. The standard InChI is InChI=1S/C16H18Cl2N4/c1-11-4-6-22(7-5-11)16-9-15(19-10-20-16)21-14-8-12(17)2-3-13(14)18/h2-3,8-11H,4-7H2,1H3,(H,19,20,21). The summed E-state index contributed by atoms with van der Waals surface area (Å²) in [5.41, 5.74) is 0.742. The fourth-order valence-electron chi connectivity index (χ4n) is 2.56. The molecule has 1 aliphatic rings. The first-order valence-electron chi connectivity index (χ1n) is 7.41. The van der Waals surface area contributed by atoms with Gasteiger partial charge in [-0.25, -0.2) is 9.97 Å². The molecule has 2 heterocycles. The predicted octanol–water partition coefficient (Wildman–Crippen LogP) is 4.76. The lowest BCUT2D eigenvalue weighted by Crippen LogP contribution is -2.33. The lowest BCUT2D eigenvalue weighted by atomic mass is 9.99. The van der Waals surface area contributed by atoms with Gasteiger partial charge in [0.05, 0.1) is 10.7 Å². The number of anilines is 3. The van der Waals surface area contributed by atoms with Crippen molar-refractivity contribution in [3.05, 3.63) is 40.6 Å². The highest BCUT2D eigenvalue weighted by Gasteiger charge is 2.17. The molecule has 1 saturated heterocycles. The molecule has 1 aliphatic heterocycles. The van der Waals surface area contributed by atoms with Crippen LogP contribution in [-0.2, 0) is 0 Å². The predicted molar refractivity (Wildman–Crippen MR) is 92.4 cm³/mol. The Labute approximate surface area is 140 Å². The summed E-state index contributed by atoms with van der Waals surface area (Å²) in [6.45, 7) is 4.37. The molecule has 1 fully saturated rings. The molecule has 4 nitrogen and oxygen atoms in total. The topological polar surface area (TPSA) is 41.0 Å². The monoisotopic (exact) mass is 336 g/mol. The molecule has 0 radical (unpaired) electrons. The van der Waals surface area contributed by atoms with E-state index in [1.807, 2.05) is 6.07 Å². The fourth-order valence-corrected chi connectivity index (χ4v) is 2.89. The van der Waals surface area contributed by atoms with Crippen molar-refractivity contribution in [2.24, 2.45) is 5.92 Å². The average molecular weight is 337 g/mol. The van der Waals surface area contributed by atoms with E-state index in [1.165, 1.54) is 12.8 Å². The van der Waals surface area contributed by atoms with Crippen molar-refractivity contribution in [2.75, 3.05) is 23.3 Å². The van der Waals surface area contributed by atoms with Crippen LogP contribution in [0.1, 0.15) is 19.8 Å². The van der Waals surface area contributed by atoms with Crippen LogP contribution < -0.4 is 10.2 Å². The van der Waals surface area contributed by atoms with E-state index >= 15 is 0 Å². The lowest BCUT2D eigenvalue weighted by Gasteiger charge is -2.31. The minimum Gasteiger partial charge on any atom is -0.356 e. The molecule has 0 amide bonds. The van der Waals surface area contributed by atoms with Gasteiger partial charge in [-0.2, -0.15) is 0 Å². The van der Waals surface area contributed by atoms with Crippen molar-refractivity contribution >= 4 is 40.5 Å². The van der Waals surface area contributed by atoms with Crippen LogP contribution in [0.15, 0.2) is 30.6 Å². The zero-order chi connectivity index (χ0) is 15.5. The van der Waals surface area contributed by atoms with E-state index in [1.54, 1.807) is 24.5 Å². The van der Waals surface area contributed by atoms with E-state index < -0.39 is 0 Å². The molecule has 2 aromatic rings. The normalized spacial score (nSPS) is 15.9. The van der Waals surface area contributed by atoms with Gasteiger partial charge in [0.25, 0.3) is 0 Å². The van der Waals surface area contributed by atoms with Gasteiger partial charge in [-0.05, 0) is 37.0 Å². The summed E-state index contributed by atoms with van der Waals surface area (Å²) in [5, 5.41) is 4.45. The number of halogens is 2. The maximum atomic E-state index is 6.18.